The summed E-state index contributed by atoms with van der Waals surface area (Å²) in [4.78, 5) is 39.3. The van der Waals surface area contributed by atoms with Crippen molar-refractivity contribution in [3.05, 3.63) is 62.7 Å². The van der Waals surface area contributed by atoms with Gasteiger partial charge in [0.15, 0.2) is 11.5 Å². The number of non-ortho nitro benzene ring substituents is 1. The number of methoxy groups -OCH3 is 3. The Hall–Kier alpha value is -4.15. The Labute approximate surface area is 176 Å². The van der Waals surface area contributed by atoms with E-state index in [0.29, 0.717) is 22.8 Å². The van der Waals surface area contributed by atoms with Crippen molar-refractivity contribution in [1.82, 2.24) is 14.9 Å². The van der Waals surface area contributed by atoms with Crippen LogP contribution in [0.3, 0.4) is 0 Å². The molecule has 1 heterocycles. The topological polar surface area (TPSA) is 135 Å². The molecule has 11 heteroatoms. The van der Waals surface area contributed by atoms with Gasteiger partial charge in [-0.1, -0.05) is 0 Å². The Morgan fingerprint density at radius 1 is 1.13 bits per heavy atom. The summed E-state index contributed by atoms with van der Waals surface area (Å²) in [7, 11) is 4.48. The summed E-state index contributed by atoms with van der Waals surface area (Å²) >= 11 is 0. The van der Waals surface area contributed by atoms with Crippen molar-refractivity contribution in [2.45, 2.75) is 13.1 Å². The van der Waals surface area contributed by atoms with Crippen LogP contribution in [-0.2, 0) is 17.9 Å². The number of nitro benzene ring substituents is 1. The number of aromatic nitrogens is 2. The number of amides is 1. The number of carbonyl (C=O) groups is 1. The molecule has 0 fully saturated rings. The number of benzene rings is 2. The van der Waals surface area contributed by atoms with Crippen LogP contribution < -0.4 is 25.1 Å². The van der Waals surface area contributed by atoms with Crippen molar-refractivity contribution in [2.75, 3.05) is 21.3 Å². The molecule has 3 aromatic rings. The third-order valence-corrected chi connectivity index (χ3v) is 4.55. The highest BCUT2D eigenvalue weighted by molar-refractivity contribution is 5.80. The average Bonchev–Trinajstić information content (AvgIpc) is 2.78. The Balaban J connectivity index is 1.75. The van der Waals surface area contributed by atoms with E-state index in [1.807, 2.05) is 0 Å². The molecule has 0 spiro atoms. The van der Waals surface area contributed by atoms with E-state index in [-0.39, 0.29) is 29.7 Å². The van der Waals surface area contributed by atoms with Gasteiger partial charge in [0, 0.05) is 18.7 Å². The van der Waals surface area contributed by atoms with Crippen molar-refractivity contribution in [3.63, 3.8) is 0 Å². The standard InChI is InChI=1S/C20H20N4O7/c1-29-16-6-12(7-17(30-2)19(16)31-3)9-21-18(25)10-23-11-22-15-8-13(24(27)28)4-5-14(15)20(23)26/h4-8,11H,9-10H2,1-3H3,(H,21,25). The maximum atomic E-state index is 12.6. The molecule has 1 aromatic heterocycles. The SMILES string of the molecule is COc1cc(CNC(=O)Cn2cnc3cc([N+](=O)[O-])ccc3c2=O)cc(OC)c1OC. The van der Waals surface area contributed by atoms with E-state index in [1.54, 1.807) is 12.1 Å². The minimum absolute atomic E-state index is 0.164. The lowest BCUT2D eigenvalue weighted by Gasteiger charge is -2.14. The van der Waals surface area contributed by atoms with Gasteiger partial charge in [-0.3, -0.25) is 24.3 Å². The Bertz CT molecular complexity index is 1180. The lowest BCUT2D eigenvalue weighted by molar-refractivity contribution is -0.384. The van der Waals surface area contributed by atoms with E-state index < -0.39 is 16.4 Å². The van der Waals surface area contributed by atoms with E-state index in [9.17, 15) is 19.7 Å². The highest BCUT2D eigenvalue weighted by atomic mass is 16.6. The van der Waals surface area contributed by atoms with Crippen LogP contribution in [0.4, 0.5) is 5.69 Å². The van der Waals surface area contributed by atoms with Crippen LogP contribution >= 0.6 is 0 Å². The molecule has 0 radical (unpaired) electrons. The Kier molecular flexibility index (Phi) is 6.34. The molecule has 3 rings (SSSR count). The van der Waals surface area contributed by atoms with Gasteiger partial charge in [0.25, 0.3) is 11.2 Å². The van der Waals surface area contributed by atoms with Crippen molar-refractivity contribution in [1.29, 1.82) is 0 Å². The minimum atomic E-state index is -0.566. The van der Waals surface area contributed by atoms with Gasteiger partial charge in [0.1, 0.15) is 6.54 Å². The van der Waals surface area contributed by atoms with Gasteiger partial charge in [0.05, 0.1) is 43.5 Å². The van der Waals surface area contributed by atoms with Gasteiger partial charge >= 0.3 is 0 Å². The summed E-state index contributed by atoms with van der Waals surface area (Å²) in [6.07, 6.45) is 1.19. The van der Waals surface area contributed by atoms with Gasteiger partial charge in [-0.2, -0.15) is 0 Å². The maximum absolute atomic E-state index is 12.6. The largest absolute Gasteiger partial charge is 0.493 e. The molecule has 2 aromatic carbocycles. The zero-order valence-corrected chi connectivity index (χ0v) is 17.1. The molecule has 0 saturated carbocycles. The lowest BCUT2D eigenvalue weighted by atomic mass is 10.1. The molecule has 0 aliphatic carbocycles. The molecule has 0 aliphatic rings. The maximum Gasteiger partial charge on any atom is 0.271 e. The first-order chi connectivity index (χ1) is 14.9. The third kappa shape index (κ3) is 4.55. The van der Waals surface area contributed by atoms with E-state index in [2.05, 4.69) is 10.3 Å². The summed E-state index contributed by atoms with van der Waals surface area (Å²) in [6.45, 7) is -0.0965. The molecule has 1 amide bonds. The van der Waals surface area contributed by atoms with Crippen LogP contribution in [0.2, 0.25) is 0 Å². The summed E-state index contributed by atoms with van der Waals surface area (Å²) in [5, 5.41) is 13.8. The van der Waals surface area contributed by atoms with Crippen molar-refractivity contribution < 1.29 is 23.9 Å². The fourth-order valence-electron chi connectivity index (χ4n) is 3.02. The smallest absolute Gasteiger partial charge is 0.271 e. The van der Waals surface area contributed by atoms with Crippen LogP contribution in [0, 0.1) is 10.1 Å². The molecular formula is C20H20N4O7. The van der Waals surface area contributed by atoms with Gasteiger partial charge in [-0.15, -0.1) is 0 Å². The number of rotatable bonds is 8. The third-order valence-electron chi connectivity index (χ3n) is 4.55. The molecule has 0 bridgehead atoms. The molecule has 162 valence electrons. The van der Waals surface area contributed by atoms with E-state index in [0.717, 1.165) is 4.57 Å². The van der Waals surface area contributed by atoms with Crippen molar-refractivity contribution in [2.24, 2.45) is 0 Å². The molecule has 0 saturated heterocycles. The van der Waals surface area contributed by atoms with Crippen molar-refractivity contribution in [3.8, 4) is 17.2 Å². The van der Waals surface area contributed by atoms with E-state index in [4.69, 9.17) is 14.2 Å². The Morgan fingerprint density at radius 2 is 1.81 bits per heavy atom. The molecule has 0 aliphatic heterocycles. The van der Waals surface area contributed by atoms with Gasteiger partial charge in [-0.25, -0.2) is 4.98 Å². The predicted molar refractivity (Wildman–Crippen MR) is 111 cm³/mol. The number of fused-ring (bicyclic) bond motifs is 1. The molecule has 0 unspecified atom stereocenters. The van der Waals surface area contributed by atoms with Crippen LogP contribution in [0.5, 0.6) is 17.2 Å². The predicted octanol–water partition coefficient (Wildman–Crippen LogP) is 1.65. The molecular weight excluding hydrogens is 408 g/mol. The lowest BCUT2D eigenvalue weighted by Crippen LogP contribution is -2.32. The number of carbonyl (C=O) groups excluding carboxylic acids is 1. The normalized spacial score (nSPS) is 10.5. The second-order valence-corrected chi connectivity index (χ2v) is 6.45. The summed E-state index contributed by atoms with van der Waals surface area (Å²) in [6, 6.07) is 7.18. The summed E-state index contributed by atoms with van der Waals surface area (Å²) in [5.41, 5.74) is 0.260. The first-order valence-electron chi connectivity index (χ1n) is 9.07. The number of ether oxygens (including phenoxy) is 3. The molecule has 11 nitrogen and oxygen atoms in total. The molecule has 0 atom stereocenters. The van der Waals surface area contributed by atoms with Gasteiger partial charge in [0.2, 0.25) is 11.7 Å². The highest BCUT2D eigenvalue weighted by Gasteiger charge is 2.15. The van der Waals surface area contributed by atoms with Crippen LogP contribution in [0.25, 0.3) is 10.9 Å². The monoisotopic (exact) mass is 428 g/mol. The van der Waals surface area contributed by atoms with E-state index >= 15 is 0 Å². The number of hydrogen-bond acceptors (Lipinski definition) is 8. The fourth-order valence-corrected chi connectivity index (χ4v) is 3.02. The second-order valence-electron chi connectivity index (χ2n) is 6.45. The first-order valence-corrected chi connectivity index (χ1v) is 9.07. The first kappa shape index (κ1) is 21.6. The quantitative estimate of drug-likeness (QED) is 0.423. The molecule has 31 heavy (non-hydrogen) atoms. The molecule has 1 N–H and O–H groups in total. The van der Waals surface area contributed by atoms with Crippen molar-refractivity contribution >= 4 is 22.5 Å². The minimum Gasteiger partial charge on any atom is -0.493 e. The summed E-state index contributed by atoms with van der Waals surface area (Å²) in [5.74, 6) is 0.929. The number of nitrogens with one attached hydrogen (secondary N) is 1. The Morgan fingerprint density at radius 3 is 2.39 bits per heavy atom. The number of nitro groups is 1. The zero-order valence-electron chi connectivity index (χ0n) is 17.1. The zero-order chi connectivity index (χ0) is 22.5. The fraction of sp³-hybridized carbons (Fsp3) is 0.250. The van der Waals surface area contributed by atoms with Gasteiger partial charge < -0.3 is 19.5 Å². The summed E-state index contributed by atoms with van der Waals surface area (Å²) < 4.78 is 17.0. The van der Waals surface area contributed by atoms with Crippen LogP contribution in [0.1, 0.15) is 5.56 Å². The van der Waals surface area contributed by atoms with Gasteiger partial charge in [-0.05, 0) is 23.8 Å². The number of nitrogens with zero attached hydrogens (tertiary/aromatic N) is 3. The second kappa shape index (κ2) is 9.11. The highest BCUT2D eigenvalue weighted by Crippen LogP contribution is 2.38. The van der Waals surface area contributed by atoms with Crippen LogP contribution in [0.15, 0.2) is 41.5 Å². The average molecular weight is 428 g/mol. The van der Waals surface area contributed by atoms with Crippen LogP contribution in [-0.4, -0.2) is 41.7 Å². The van der Waals surface area contributed by atoms with E-state index in [1.165, 1.54) is 45.9 Å². The number of hydrogen-bond donors (Lipinski definition) is 1.